The molecule has 4 atom stereocenters. The Bertz CT molecular complexity index is 754. The topological polar surface area (TPSA) is 252 Å². The number of rotatable bonds is 16. The zero-order chi connectivity index (χ0) is 26.4. The molecule has 0 rings (SSSR count). The van der Waals surface area contributed by atoms with Gasteiger partial charge >= 0.3 is 11.9 Å². The lowest BCUT2D eigenvalue weighted by Gasteiger charge is -2.24. The molecule has 0 spiro atoms. The Hall–Kier alpha value is -3.42. The van der Waals surface area contributed by atoms with Crippen LogP contribution in [0.25, 0.3) is 0 Å². The fraction of sp³-hybridized carbons (Fsp3) is 0.700. The summed E-state index contributed by atoms with van der Waals surface area (Å²) >= 11 is 0. The summed E-state index contributed by atoms with van der Waals surface area (Å²) in [5.74, 6) is -4.71. The normalized spacial score (nSPS) is 14.3. The molecule has 0 aromatic rings. The van der Waals surface area contributed by atoms with Crippen LogP contribution in [0.1, 0.15) is 52.9 Å². The van der Waals surface area contributed by atoms with Crippen molar-refractivity contribution in [3.05, 3.63) is 0 Å². The van der Waals surface area contributed by atoms with Crippen molar-refractivity contribution in [2.45, 2.75) is 77.0 Å². The van der Waals surface area contributed by atoms with Gasteiger partial charge in [0.1, 0.15) is 18.1 Å². The maximum atomic E-state index is 12.6. The van der Waals surface area contributed by atoms with Crippen molar-refractivity contribution in [2.75, 3.05) is 6.54 Å². The molecule has 0 saturated heterocycles. The van der Waals surface area contributed by atoms with E-state index < -0.39 is 60.2 Å². The molecular weight excluding hydrogens is 450 g/mol. The van der Waals surface area contributed by atoms with Crippen molar-refractivity contribution in [2.24, 2.45) is 28.1 Å². The lowest BCUT2D eigenvalue weighted by atomic mass is 10.0. The third kappa shape index (κ3) is 13.2. The zero-order valence-corrected chi connectivity index (χ0v) is 19.7. The maximum Gasteiger partial charge on any atom is 0.326 e. The van der Waals surface area contributed by atoms with Gasteiger partial charge in [0, 0.05) is 13.0 Å². The molecule has 0 radical (unpaired) electrons. The average Bonchev–Trinajstić information content (AvgIpc) is 2.72. The van der Waals surface area contributed by atoms with E-state index in [0.717, 1.165) is 0 Å². The number of carboxylic acids is 2. The predicted molar refractivity (Wildman–Crippen MR) is 123 cm³/mol. The van der Waals surface area contributed by atoms with Crippen LogP contribution in [0.3, 0.4) is 0 Å². The van der Waals surface area contributed by atoms with Crippen LogP contribution < -0.4 is 33.2 Å². The lowest BCUT2D eigenvalue weighted by Crippen LogP contribution is -2.56. The van der Waals surface area contributed by atoms with Crippen LogP contribution in [0.15, 0.2) is 4.99 Å². The quantitative estimate of drug-likeness (QED) is 0.0664. The highest BCUT2D eigenvalue weighted by Gasteiger charge is 2.29. The van der Waals surface area contributed by atoms with Gasteiger partial charge in [-0.05, 0) is 38.5 Å². The summed E-state index contributed by atoms with van der Waals surface area (Å²) in [4.78, 5) is 63.3. The third-order valence-corrected chi connectivity index (χ3v) is 4.66. The van der Waals surface area contributed by atoms with E-state index in [1.165, 1.54) is 6.92 Å². The van der Waals surface area contributed by atoms with Crippen LogP contribution in [0.4, 0.5) is 0 Å². The molecule has 0 aliphatic heterocycles. The van der Waals surface area contributed by atoms with Crippen molar-refractivity contribution in [3.63, 3.8) is 0 Å². The number of aliphatic carboxylic acids is 2. The van der Waals surface area contributed by atoms with Gasteiger partial charge in [0.2, 0.25) is 17.7 Å². The molecule has 0 aromatic carbocycles. The number of carbonyl (C=O) groups is 5. The minimum Gasteiger partial charge on any atom is -0.481 e. The first kappa shape index (κ1) is 30.6. The molecule has 34 heavy (non-hydrogen) atoms. The number of aliphatic imine (C=N–C) groups is 1. The Morgan fingerprint density at radius 3 is 1.94 bits per heavy atom. The summed E-state index contributed by atoms with van der Waals surface area (Å²) in [7, 11) is 0. The minimum atomic E-state index is -1.43. The highest BCUT2D eigenvalue weighted by molar-refractivity contribution is 5.94. The number of hydrogen-bond acceptors (Lipinski definition) is 7. The van der Waals surface area contributed by atoms with Crippen LogP contribution >= 0.6 is 0 Å². The second-order valence-electron chi connectivity index (χ2n) is 8.31. The summed E-state index contributed by atoms with van der Waals surface area (Å²) in [5.41, 5.74) is 16.3. The first-order chi connectivity index (χ1) is 15.7. The largest absolute Gasteiger partial charge is 0.481 e. The van der Waals surface area contributed by atoms with Gasteiger partial charge in [0.25, 0.3) is 0 Å². The lowest BCUT2D eigenvalue weighted by molar-refractivity contribution is -0.143. The molecule has 0 aliphatic rings. The average molecular weight is 488 g/mol. The van der Waals surface area contributed by atoms with E-state index in [4.69, 9.17) is 22.3 Å². The number of hydrogen-bond donors (Lipinski definition) is 8. The van der Waals surface area contributed by atoms with Gasteiger partial charge < -0.3 is 43.4 Å². The smallest absolute Gasteiger partial charge is 0.326 e. The van der Waals surface area contributed by atoms with E-state index in [1.54, 1.807) is 13.8 Å². The first-order valence-corrected chi connectivity index (χ1v) is 10.9. The molecule has 14 nitrogen and oxygen atoms in total. The van der Waals surface area contributed by atoms with Gasteiger partial charge in [-0.15, -0.1) is 0 Å². The number of nitrogens with two attached hydrogens (primary N) is 3. The Labute approximate surface area is 198 Å². The van der Waals surface area contributed by atoms with E-state index in [9.17, 15) is 29.1 Å². The predicted octanol–water partition coefficient (Wildman–Crippen LogP) is -2.16. The molecular formula is C20H37N7O7. The van der Waals surface area contributed by atoms with Crippen molar-refractivity contribution in [1.82, 2.24) is 16.0 Å². The molecule has 0 bridgehead atoms. The number of carbonyl (C=O) groups excluding carboxylic acids is 3. The highest BCUT2D eigenvalue weighted by atomic mass is 16.4. The van der Waals surface area contributed by atoms with Crippen LogP contribution in [-0.2, 0) is 24.0 Å². The van der Waals surface area contributed by atoms with Crippen LogP contribution in [0, 0.1) is 5.92 Å². The second-order valence-corrected chi connectivity index (χ2v) is 8.31. The van der Waals surface area contributed by atoms with Gasteiger partial charge in [0.05, 0.1) is 6.04 Å². The number of amides is 3. The van der Waals surface area contributed by atoms with Crippen molar-refractivity contribution < 1.29 is 34.2 Å². The third-order valence-electron chi connectivity index (χ3n) is 4.66. The van der Waals surface area contributed by atoms with Crippen LogP contribution in [0.5, 0.6) is 0 Å². The fourth-order valence-corrected chi connectivity index (χ4v) is 2.83. The molecule has 0 saturated carbocycles. The fourth-order valence-electron chi connectivity index (χ4n) is 2.83. The van der Waals surface area contributed by atoms with Crippen molar-refractivity contribution in [1.29, 1.82) is 0 Å². The SMILES string of the molecule is CC(C)CC(NC(=O)C(C)NC(=O)C(N)CCCN=C(N)N)C(=O)NC(CCC(=O)O)C(=O)O. The van der Waals surface area contributed by atoms with Gasteiger partial charge in [-0.25, -0.2) is 4.79 Å². The minimum absolute atomic E-state index is 0.0399. The summed E-state index contributed by atoms with van der Waals surface area (Å²) in [6, 6.07) is -4.44. The van der Waals surface area contributed by atoms with E-state index in [0.29, 0.717) is 13.0 Å². The highest BCUT2D eigenvalue weighted by Crippen LogP contribution is 2.07. The standard InChI is InChI=1S/C20H37N7O7/c1-10(2)9-14(18(32)26-13(19(33)34)6-7-15(28)29)27-16(30)11(3)25-17(31)12(21)5-4-8-24-20(22)23/h10-14H,4-9,21H2,1-3H3,(H,25,31)(H,26,32)(H,27,30)(H,28,29)(H,33,34)(H4,22,23,24). The molecule has 11 N–H and O–H groups in total. The molecule has 0 heterocycles. The summed E-state index contributed by atoms with van der Waals surface area (Å²) in [6.45, 7) is 5.32. The Kier molecular flexibility index (Phi) is 13.9. The molecule has 0 fully saturated rings. The number of nitrogens with one attached hydrogen (secondary N) is 3. The zero-order valence-electron chi connectivity index (χ0n) is 19.7. The molecule has 4 unspecified atom stereocenters. The van der Waals surface area contributed by atoms with Gasteiger partial charge in [-0.2, -0.15) is 0 Å². The van der Waals surface area contributed by atoms with Gasteiger partial charge in [-0.1, -0.05) is 13.8 Å². The van der Waals surface area contributed by atoms with Gasteiger partial charge in [-0.3, -0.25) is 24.2 Å². The monoisotopic (exact) mass is 487 g/mol. The van der Waals surface area contributed by atoms with E-state index in [1.807, 2.05) is 0 Å². The Morgan fingerprint density at radius 1 is 0.853 bits per heavy atom. The van der Waals surface area contributed by atoms with Crippen molar-refractivity contribution >= 4 is 35.6 Å². The van der Waals surface area contributed by atoms with Gasteiger partial charge in [0.15, 0.2) is 5.96 Å². The summed E-state index contributed by atoms with van der Waals surface area (Å²) in [5, 5.41) is 25.2. The molecule has 0 aromatic heterocycles. The van der Waals surface area contributed by atoms with Crippen LogP contribution in [0.2, 0.25) is 0 Å². The maximum absolute atomic E-state index is 12.6. The number of nitrogens with zero attached hydrogens (tertiary/aromatic N) is 1. The summed E-state index contributed by atoms with van der Waals surface area (Å²) in [6.07, 6.45) is 0.159. The molecule has 194 valence electrons. The Morgan fingerprint density at radius 2 is 1.44 bits per heavy atom. The summed E-state index contributed by atoms with van der Waals surface area (Å²) < 4.78 is 0. The van der Waals surface area contributed by atoms with E-state index in [2.05, 4.69) is 20.9 Å². The number of guanidine groups is 1. The van der Waals surface area contributed by atoms with E-state index >= 15 is 0 Å². The molecule has 3 amide bonds. The first-order valence-electron chi connectivity index (χ1n) is 10.9. The second kappa shape index (κ2) is 15.4. The van der Waals surface area contributed by atoms with E-state index in [-0.39, 0.29) is 31.1 Å². The van der Waals surface area contributed by atoms with Crippen molar-refractivity contribution in [3.8, 4) is 0 Å². The number of carboxylic acid groups (broad SMARTS) is 2. The molecule has 0 aliphatic carbocycles. The Balaban J connectivity index is 5.00. The molecule has 14 heteroatoms. The van der Waals surface area contributed by atoms with Crippen LogP contribution in [-0.4, -0.2) is 76.5 Å².